The zero-order valence-corrected chi connectivity index (χ0v) is 10.0. The van der Waals surface area contributed by atoms with Crippen molar-refractivity contribution in [2.24, 2.45) is 0 Å². The van der Waals surface area contributed by atoms with Crippen molar-refractivity contribution in [3.63, 3.8) is 0 Å². The lowest BCUT2D eigenvalue weighted by Gasteiger charge is -2.24. The van der Waals surface area contributed by atoms with Crippen molar-refractivity contribution in [1.29, 1.82) is 0 Å². The fraction of sp³-hybridized carbons (Fsp3) is 0.357. The Labute approximate surface area is 96.6 Å². The summed E-state index contributed by atoms with van der Waals surface area (Å²) in [5.41, 5.74) is 1.15. The Kier molecular flexibility index (Phi) is 3.88. The van der Waals surface area contributed by atoms with E-state index in [1.54, 1.807) is 6.92 Å². The summed E-state index contributed by atoms with van der Waals surface area (Å²) in [6.07, 6.45) is 2.50. The van der Waals surface area contributed by atoms with Crippen molar-refractivity contribution in [2.45, 2.75) is 32.6 Å². The van der Waals surface area contributed by atoms with Crippen molar-refractivity contribution in [1.82, 2.24) is 0 Å². The molecule has 16 heavy (non-hydrogen) atoms. The number of hydrogen-bond donors (Lipinski definition) is 1. The number of allylic oxidation sites excluding steroid dienone is 2. The minimum atomic E-state index is -0.835. The molecule has 0 unspecified atom stereocenters. The van der Waals surface area contributed by atoms with Crippen LogP contribution in [-0.4, -0.2) is 11.1 Å². The van der Waals surface area contributed by atoms with E-state index in [0.29, 0.717) is 6.42 Å². The van der Waals surface area contributed by atoms with Crippen molar-refractivity contribution < 1.29 is 9.90 Å². The number of carbonyl (C=O) groups is 1. The van der Waals surface area contributed by atoms with Gasteiger partial charge in [-0.3, -0.25) is 4.79 Å². The van der Waals surface area contributed by atoms with E-state index >= 15 is 0 Å². The van der Waals surface area contributed by atoms with Crippen molar-refractivity contribution >= 4 is 5.97 Å². The van der Waals surface area contributed by atoms with Crippen LogP contribution in [0.2, 0.25) is 0 Å². The molecule has 1 aromatic rings. The maximum atomic E-state index is 11.4. The van der Waals surface area contributed by atoms with Crippen LogP contribution in [-0.2, 0) is 10.2 Å². The molecule has 2 nitrogen and oxygen atoms in total. The first-order valence-corrected chi connectivity index (χ1v) is 5.39. The maximum absolute atomic E-state index is 11.4. The van der Waals surface area contributed by atoms with E-state index < -0.39 is 11.4 Å². The molecular weight excluding hydrogens is 200 g/mol. The predicted octanol–water partition coefficient (Wildman–Crippen LogP) is 3.39. The first-order valence-electron chi connectivity index (χ1n) is 5.39. The summed E-state index contributed by atoms with van der Waals surface area (Å²) < 4.78 is 0. The van der Waals surface area contributed by atoms with Gasteiger partial charge in [0.1, 0.15) is 0 Å². The molecule has 0 bridgehead atoms. The second kappa shape index (κ2) is 4.97. The molecule has 86 valence electrons. The van der Waals surface area contributed by atoms with Gasteiger partial charge in [0.25, 0.3) is 0 Å². The molecule has 0 aliphatic rings. The van der Waals surface area contributed by atoms with Crippen LogP contribution in [0, 0.1) is 0 Å². The summed E-state index contributed by atoms with van der Waals surface area (Å²) in [6, 6.07) is 9.38. The Hall–Kier alpha value is -1.57. The summed E-state index contributed by atoms with van der Waals surface area (Å²) in [5, 5.41) is 9.37. The van der Waals surface area contributed by atoms with Gasteiger partial charge in [-0.05, 0) is 32.8 Å². The zero-order chi connectivity index (χ0) is 12.2. The number of carboxylic acid groups (broad SMARTS) is 1. The monoisotopic (exact) mass is 218 g/mol. The van der Waals surface area contributed by atoms with Gasteiger partial charge in [0.2, 0.25) is 0 Å². The fourth-order valence-electron chi connectivity index (χ4n) is 1.54. The molecule has 0 aliphatic carbocycles. The summed E-state index contributed by atoms with van der Waals surface area (Å²) in [4.78, 5) is 11.4. The van der Waals surface area contributed by atoms with Crippen molar-refractivity contribution in [2.75, 3.05) is 0 Å². The van der Waals surface area contributed by atoms with Crippen LogP contribution in [0.3, 0.4) is 0 Å². The Bertz CT molecular complexity index is 388. The lowest BCUT2D eigenvalue weighted by atomic mass is 9.79. The van der Waals surface area contributed by atoms with E-state index in [2.05, 4.69) is 0 Å². The molecule has 1 aromatic carbocycles. The Balaban J connectivity index is 3.07. The number of carboxylic acids is 1. The highest BCUT2D eigenvalue weighted by Crippen LogP contribution is 2.28. The molecule has 0 aliphatic heterocycles. The van der Waals surface area contributed by atoms with Gasteiger partial charge in [0.15, 0.2) is 0 Å². The van der Waals surface area contributed by atoms with Crippen LogP contribution in [0.1, 0.15) is 32.8 Å². The van der Waals surface area contributed by atoms with E-state index in [4.69, 9.17) is 0 Å². The largest absolute Gasteiger partial charge is 0.481 e. The molecule has 1 atom stereocenters. The Morgan fingerprint density at radius 1 is 1.31 bits per heavy atom. The normalized spacial score (nSPS) is 13.9. The van der Waals surface area contributed by atoms with Crippen LogP contribution in [0.25, 0.3) is 0 Å². The molecule has 0 spiro atoms. The van der Waals surface area contributed by atoms with Gasteiger partial charge in [-0.25, -0.2) is 0 Å². The fourth-order valence-corrected chi connectivity index (χ4v) is 1.54. The molecule has 0 radical (unpaired) electrons. The van der Waals surface area contributed by atoms with Gasteiger partial charge in [0.05, 0.1) is 5.41 Å². The molecular formula is C14H18O2. The molecule has 1 rings (SSSR count). The Morgan fingerprint density at radius 3 is 2.31 bits per heavy atom. The number of hydrogen-bond acceptors (Lipinski definition) is 1. The smallest absolute Gasteiger partial charge is 0.314 e. The third kappa shape index (κ3) is 2.72. The average molecular weight is 218 g/mol. The molecule has 1 N–H and O–H groups in total. The predicted molar refractivity (Wildman–Crippen MR) is 65.5 cm³/mol. The highest BCUT2D eigenvalue weighted by atomic mass is 16.4. The molecule has 0 saturated carbocycles. The SMILES string of the molecule is CC(C)=CC[C@@](C)(C(=O)O)c1ccccc1. The number of rotatable bonds is 4. The lowest BCUT2D eigenvalue weighted by molar-refractivity contribution is -0.143. The summed E-state index contributed by atoms with van der Waals surface area (Å²) in [6.45, 7) is 5.73. The highest BCUT2D eigenvalue weighted by Gasteiger charge is 2.33. The van der Waals surface area contributed by atoms with E-state index in [1.807, 2.05) is 50.3 Å². The van der Waals surface area contributed by atoms with Crippen LogP contribution in [0.4, 0.5) is 0 Å². The quantitative estimate of drug-likeness (QED) is 0.786. The second-order valence-electron chi connectivity index (χ2n) is 4.49. The molecule has 0 amide bonds. The van der Waals surface area contributed by atoms with E-state index in [9.17, 15) is 9.90 Å². The van der Waals surface area contributed by atoms with Crippen LogP contribution in [0.15, 0.2) is 42.0 Å². The standard InChI is InChI=1S/C14H18O2/c1-11(2)9-10-14(3,13(15)16)12-7-5-4-6-8-12/h4-9H,10H2,1-3H3,(H,15,16)/t14-/m1/s1. The number of aliphatic carboxylic acids is 1. The van der Waals surface area contributed by atoms with Gasteiger partial charge >= 0.3 is 5.97 Å². The molecule has 0 aromatic heterocycles. The topological polar surface area (TPSA) is 37.3 Å². The zero-order valence-electron chi connectivity index (χ0n) is 10.0. The second-order valence-corrected chi connectivity index (χ2v) is 4.49. The van der Waals surface area contributed by atoms with Crippen LogP contribution in [0.5, 0.6) is 0 Å². The first-order chi connectivity index (χ1) is 7.47. The van der Waals surface area contributed by atoms with E-state index in [1.165, 1.54) is 0 Å². The third-order valence-electron chi connectivity index (χ3n) is 2.80. The van der Waals surface area contributed by atoms with Gasteiger partial charge in [-0.2, -0.15) is 0 Å². The average Bonchev–Trinajstić information content (AvgIpc) is 2.26. The number of benzene rings is 1. The molecule has 0 fully saturated rings. The van der Waals surface area contributed by atoms with Gasteiger partial charge in [-0.1, -0.05) is 42.0 Å². The van der Waals surface area contributed by atoms with Gasteiger partial charge in [-0.15, -0.1) is 0 Å². The van der Waals surface area contributed by atoms with Crippen LogP contribution >= 0.6 is 0 Å². The summed E-state index contributed by atoms with van der Waals surface area (Å²) >= 11 is 0. The van der Waals surface area contributed by atoms with E-state index in [-0.39, 0.29) is 0 Å². The van der Waals surface area contributed by atoms with Gasteiger partial charge < -0.3 is 5.11 Å². The van der Waals surface area contributed by atoms with E-state index in [0.717, 1.165) is 11.1 Å². The summed E-state index contributed by atoms with van der Waals surface area (Å²) in [5.74, 6) is -0.781. The van der Waals surface area contributed by atoms with Gasteiger partial charge in [0, 0.05) is 0 Å². The van der Waals surface area contributed by atoms with Crippen molar-refractivity contribution in [3.8, 4) is 0 Å². The molecule has 2 heteroatoms. The van der Waals surface area contributed by atoms with Crippen molar-refractivity contribution in [3.05, 3.63) is 47.5 Å². The Morgan fingerprint density at radius 2 is 1.88 bits per heavy atom. The first kappa shape index (κ1) is 12.5. The lowest BCUT2D eigenvalue weighted by Crippen LogP contribution is -2.31. The van der Waals surface area contributed by atoms with Crippen LogP contribution < -0.4 is 0 Å². The molecule has 0 saturated heterocycles. The molecule has 0 heterocycles. The minimum absolute atomic E-state index is 0.523. The highest BCUT2D eigenvalue weighted by molar-refractivity contribution is 5.81. The maximum Gasteiger partial charge on any atom is 0.314 e. The summed E-state index contributed by atoms with van der Waals surface area (Å²) in [7, 11) is 0. The third-order valence-corrected chi connectivity index (χ3v) is 2.80. The minimum Gasteiger partial charge on any atom is -0.481 e.